The van der Waals surface area contributed by atoms with E-state index in [9.17, 15) is 14.4 Å². The van der Waals surface area contributed by atoms with Crippen LogP contribution in [0, 0.1) is 5.92 Å². The highest BCUT2D eigenvalue weighted by atomic mass is 35.5. The third kappa shape index (κ3) is 7.86. The zero-order chi connectivity index (χ0) is 19.6. The summed E-state index contributed by atoms with van der Waals surface area (Å²) in [5.41, 5.74) is 1.07. The number of carbonyl (C=O) groups is 3. The fourth-order valence-corrected chi connectivity index (χ4v) is 3.04. The second-order valence-corrected chi connectivity index (χ2v) is 6.80. The molecule has 28 heavy (non-hydrogen) atoms. The van der Waals surface area contributed by atoms with Crippen molar-refractivity contribution in [2.45, 2.75) is 45.6 Å². The lowest BCUT2D eigenvalue weighted by molar-refractivity contribution is -0.144. The molecule has 1 fully saturated rings. The van der Waals surface area contributed by atoms with Gasteiger partial charge in [0.25, 0.3) is 5.91 Å². The lowest BCUT2D eigenvalue weighted by atomic mass is 9.93. The Labute approximate surface area is 172 Å². The molecule has 1 aliphatic heterocycles. The first-order chi connectivity index (χ1) is 13.0. The molecule has 2 rings (SSSR count). The number of anilines is 1. The Morgan fingerprint density at radius 2 is 1.82 bits per heavy atom. The number of amides is 2. The third-order valence-corrected chi connectivity index (χ3v) is 4.66. The van der Waals surface area contributed by atoms with Gasteiger partial charge in [-0.1, -0.05) is 0 Å². The number of ether oxygens (including phenoxy) is 1. The quantitative estimate of drug-likeness (QED) is 0.571. The van der Waals surface area contributed by atoms with Crippen molar-refractivity contribution >= 4 is 35.9 Å². The van der Waals surface area contributed by atoms with E-state index in [2.05, 4.69) is 16.0 Å². The minimum atomic E-state index is -0.716. The summed E-state index contributed by atoms with van der Waals surface area (Å²) < 4.78 is 4.87. The molecule has 156 valence electrons. The fraction of sp³-hybridized carbons (Fsp3) is 0.550. The molecule has 0 radical (unpaired) electrons. The number of halogens is 1. The molecule has 1 saturated heterocycles. The Bertz CT molecular complexity index is 645. The molecule has 0 saturated carbocycles. The van der Waals surface area contributed by atoms with Gasteiger partial charge in [-0.2, -0.15) is 0 Å². The van der Waals surface area contributed by atoms with Gasteiger partial charge in [0, 0.05) is 17.7 Å². The van der Waals surface area contributed by atoms with Crippen LogP contribution < -0.4 is 16.0 Å². The number of benzene rings is 1. The summed E-state index contributed by atoms with van der Waals surface area (Å²) in [5, 5.41) is 8.78. The van der Waals surface area contributed by atoms with Crippen molar-refractivity contribution in [1.29, 1.82) is 0 Å². The number of carbonyl (C=O) groups excluding carboxylic acids is 3. The molecule has 0 aromatic heterocycles. The zero-order valence-electron chi connectivity index (χ0n) is 16.5. The van der Waals surface area contributed by atoms with Crippen molar-refractivity contribution in [3.8, 4) is 0 Å². The Morgan fingerprint density at radius 3 is 2.43 bits per heavy atom. The molecule has 2 amide bonds. The van der Waals surface area contributed by atoms with Crippen LogP contribution in [0.1, 0.15) is 49.9 Å². The first-order valence-corrected chi connectivity index (χ1v) is 9.57. The van der Waals surface area contributed by atoms with Crippen molar-refractivity contribution in [3.63, 3.8) is 0 Å². The van der Waals surface area contributed by atoms with Crippen LogP contribution in [0.4, 0.5) is 5.69 Å². The molecule has 0 spiro atoms. The summed E-state index contributed by atoms with van der Waals surface area (Å²) in [4.78, 5) is 35.8. The maximum atomic E-state index is 12.2. The van der Waals surface area contributed by atoms with Crippen molar-refractivity contribution < 1.29 is 19.1 Å². The van der Waals surface area contributed by atoms with Gasteiger partial charge in [0.1, 0.15) is 6.04 Å². The molecule has 1 unspecified atom stereocenters. The van der Waals surface area contributed by atoms with Gasteiger partial charge < -0.3 is 20.7 Å². The highest BCUT2D eigenvalue weighted by Gasteiger charge is 2.18. The number of nitrogens with one attached hydrogen (secondary N) is 3. The van der Waals surface area contributed by atoms with Crippen LogP contribution in [0.25, 0.3) is 0 Å². The minimum absolute atomic E-state index is 0. The topological polar surface area (TPSA) is 96.5 Å². The SMILES string of the molecule is CCOC(=O)C(C)NC(=O)c1ccc(NC(=O)CCC2CCNCC2)cc1.Cl. The van der Waals surface area contributed by atoms with Gasteiger partial charge in [0.15, 0.2) is 0 Å². The number of hydrogen-bond donors (Lipinski definition) is 3. The smallest absolute Gasteiger partial charge is 0.328 e. The van der Waals surface area contributed by atoms with Gasteiger partial charge in [0.05, 0.1) is 6.61 Å². The number of piperidine rings is 1. The van der Waals surface area contributed by atoms with Gasteiger partial charge in [-0.05, 0) is 76.4 Å². The number of rotatable bonds is 8. The maximum Gasteiger partial charge on any atom is 0.328 e. The van der Waals surface area contributed by atoms with E-state index in [1.54, 1.807) is 38.1 Å². The Balaban J connectivity index is 0.00000392. The van der Waals surface area contributed by atoms with Crippen LogP contribution in [0.3, 0.4) is 0 Å². The van der Waals surface area contributed by atoms with Gasteiger partial charge in [0.2, 0.25) is 5.91 Å². The molecule has 1 aromatic rings. The normalized spacial score (nSPS) is 15.1. The lowest BCUT2D eigenvalue weighted by Gasteiger charge is -2.22. The van der Waals surface area contributed by atoms with Gasteiger partial charge >= 0.3 is 5.97 Å². The predicted octanol–water partition coefficient (Wildman–Crippen LogP) is 2.51. The summed E-state index contributed by atoms with van der Waals surface area (Å²) in [6.45, 7) is 5.62. The van der Waals surface area contributed by atoms with E-state index in [-0.39, 0.29) is 30.8 Å². The standard InChI is InChI=1S/C20H29N3O4.ClH/c1-3-27-20(26)14(2)22-19(25)16-5-7-17(8-6-16)23-18(24)9-4-15-10-12-21-13-11-15;/h5-8,14-15,21H,3-4,9-13H2,1-2H3,(H,22,25)(H,23,24);1H. The van der Waals surface area contributed by atoms with E-state index < -0.39 is 12.0 Å². The predicted molar refractivity (Wildman–Crippen MR) is 111 cm³/mol. The highest BCUT2D eigenvalue weighted by molar-refractivity contribution is 5.97. The molecule has 7 nitrogen and oxygen atoms in total. The van der Waals surface area contributed by atoms with Gasteiger partial charge in [-0.25, -0.2) is 4.79 Å². The van der Waals surface area contributed by atoms with Crippen LogP contribution in [0.15, 0.2) is 24.3 Å². The Kier molecular flexibility index (Phi) is 10.6. The molecule has 3 N–H and O–H groups in total. The number of hydrogen-bond acceptors (Lipinski definition) is 5. The second kappa shape index (κ2) is 12.4. The molecule has 1 heterocycles. The van der Waals surface area contributed by atoms with Crippen LogP contribution in [0.5, 0.6) is 0 Å². The summed E-state index contributed by atoms with van der Waals surface area (Å²) in [6, 6.07) is 5.90. The van der Waals surface area contributed by atoms with Crippen molar-refractivity contribution in [1.82, 2.24) is 10.6 Å². The summed E-state index contributed by atoms with van der Waals surface area (Å²) in [7, 11) is 0. The Hall–Kier alpha value is -2.12. The number of esters is 1. The fourth-order valence-electron chi connectivity index (χ4n) is 3.04. The van der Waals surface area contributed by atoms with Gasteiger partial charge in [-0.15, -0.1) is 12.4 Å². The third-order valence-electron chi connectivity index (χ3n) is 4.66. The van der Waals surface area contributed by atoms with Crippen LogP contribution in [-0.2, 0) is 14.3 Å². The van der Waals surface area contributed by atoms with E-state index in [0.29, 0.717) is 23.6 Å². The largest absolute Gasteiger partial charge is 0.464 e. The van der Waals surface area contributed by atoms with E-state index in [1.165, 1.54) is 0 Å². The van der Waals surface area contributed by atoms with Crippen molar-refractivity contribution in [2.75, 3.05) is 25.0 Å². The van der Waals surface area contributed by atoms with E-state index in [0.717, 1.165) is 32.4 Å². The highest BCUT2D eigenvalue weighted by Crippen LogP contribution is 2.18. The molecule has 1 aliphatic rings. The van der Waals surface area contributed by atoms with Crippen molar-refractivity contribution in [2.24, 2.45) is 5.92 Å². The minimum Gasteiger partial charge on any atom is -0.464 e. The van der Waals surface area contributed by atoms with E-state index >= 15 is 0 Å². The molecular formula is C20H30ClN3O4. The maximum absolute atomic E-state index is 12.2. The van der Waals surface area contributed by atoms with E-state index in [1.807, 2.05) is 0 Å². The summed E-state index contributed by atoms with van der Waals surface area (Å²) in [5.74, 6) is -0.228. The van der Waals surface area contributed by atoms with Crippen LogP contribution in [0.2, 0.25) is 0 Å². The van der Waals surface area contributed by atoms with Crippen molar-refractivity contribution in [3.05, 3.63) is 29.8 Å². The van der Waals surface area contributed by atoms with Crippen LogP contribution >= 0.6 is 12.4 Å². The molecular weight excluding hydrogens is 382 g/mol. The molecule has 0 bridgehead atoms. The lowest BCUT2D eigenvalue weighted by Crippen LogP contribution is -2.39. The molecule has 8 heteroatoms. The van der Waals surface area contributed by atoms with Crippen LogP contribution in [-0.4, -0.2) is 43.5 Å². The molecule has 1 aromatic carbocycles. The first-order valence-electron chi connectivity index (χ1n) is 9.57. The molecule has 0 aliphatic carbocycles. The Morgan fingerprint density at radius 1 is 1.18 bits per heavy atom. The summed E-state index contributed by atoms with van der Waals surface area (Å²) >= 11 is 0. The first kappa shape index (κ1) is 23.9. The second-order valence-electron chi connectivity index (χ2n) is 6.80. The zero-order valence-corrected chi connectivity index (χ0v) is 17.3. The summed E-state index contributed by atoms with van der Waals surface area (Å²) in [6.07, 6.45) is 3.66. The molecule has 1 atom stereocenters. The average molecular weight is 412 g/mol. The average Bonchev–Trinajstić information content (AvgIpc) is 2.68. The monoisotopic (exact) mass is 411 g/mol. The van der Waals surface area contributed by atoms with Gasteiger partial charge in [-0.3, -0.25) is 9.59 Å². The van der Waals surface area contributed by atoms with E-state index in [4.69, 9.17) is 4.74 Å².